The van der Waals surface area contributed by atoms with E-state index in [1.807, 2.05) is 0 Å². The standard InChI is InChI=1S/C26H40N4O3/c1-6-20(2)30(17-21-7-9-22(10-8-21)26(3,4)5)18-24-28-23(19-33-24)25(31)27-11-12-29-13-15-32-16-14-29/h7-10,19-20H,6,11-18H2,1-5H3,(H,27,31). The molecule has 0 saturated carbocycles. The summed E-state index contributed by atoms with van der Waals surface area (Å²) in [5.74, 6) is 0.381. The van der Waals surface area contributed by atoms with Crippen LogP contribution in [0.3, 0.4) is 0 Å². The van der Waals surface area contributed by atoms with Gasteiger partial charge in [-0.25, -0.2) is 4.98 Å². The minimum atomic E-state index is -0.189. The molecule has 1 N–H and O–H groups in total. The molecule has 1 saturated heterocycles. The molecule has 0 radical (unpaired) electrons. The zero-order chi connectivity index (χ0) is 23.8. The minimum absolute atomic E-state index is 0.145. The molecule has 1 fully saturated rings. The first-order valence-corrected chi connectivity index (χ1v) is 12.1. The van der Waals surface area contributed by atoms with Crippen molar-refractivity contribution in [2.45, 2.75) is 65.6 Å². The summed E-state index contributed by atoms with van der Waals surface area (Å²) in [6.45, 7) is 17.2. The van der Waals surface area contributed by atoms with Crippen LogP contribution in [0.15, 0.2) is 34.9 Å². The van der Waals surface area contributed by atoms with E-state index in [2.05, 4.69) is 79.0 Å². The van der Waals surface area contributed by atoms with Crippen molar-refractivity contribution in [3.8, 4) is 0 Å². The zero-order valence-corrected chi connectivity index (χ0v) is 20.9. The molecule has 182 valence electrons. The number of nitrogens with zero attached hydrogens (tertiary/aromatic N) is 3. The lowest BCUT2D eigenvalue weighted by Gasteiger charge is -2.27. The lowest BCUT2D eigenvalue weighted by molar-refractivity contribution is 0.0383. The fourth-order valence-electron chi connectivity index (χ4n) is 3.87. The van der Waals surface area contributed by atoms with Crippen LogP contribution < -0.4 is 5.32 Å². The predicted octanol–water partition coefficient (Wildman–Crippen LogP) is 3.83. The van der Waals surface area contributed by atoms with Gasteiger partial charge in [0, 0.05) is 38.8 Å². The molecule has 1 unspecified atom stereocenters. The Morgan fingerprint density at radius 3 is 2.52 bits per heavy atom. The van der Waals surface area contributed by atoms with Crippen molar-refractivity contribution >= 4 is 5.91 Å². The highest BCUT2D eigenvalue weighted by molar-refractivity contribution is 5.91. The normalized spacial score (nSPS) is 16.2. The summed E-state index contributed by atoms with van der Waals surface area (Å²) in [5, 5.41) is 2.95. The van der Waals surface area contributed by atoms with Crippen LogP contribution in [0.1, 0.15) is 68.5 Å². The van der Waals surface area contributed by atoms with Crippen LogP contribution in [-0.2, 0) is 23.2 Å². The third-order valence-corrected chi connectivity index (χ3v) is 6.36. The molecule has 1 atom stereocenters. The minimum Gasteiger partial charge on any atom is -0.447 e. The first-order valence-electron chi connectivity index (χ1n) is 12.1. The number of oxazole rings is 1. The number of carbonyl (C=O) groups excluding carboxylic acids is 1. The number of rotatable bonds is 10. The van der Waals surface area contributed by atoms with Gasteiger partial charge in [-0.2, -0.15) is 0 Å². The zero-order valence-electron chi connectivity index (χ0n) is 20.9. The van der Waals surface area contributed by atoms with Crippen LogP contribution in [-0.4, -0.2) is 66.1 Å². The number of amides is 1. The molecular weight excluding hydrogens is 416 g/mol. The quantitative estimate of drug-likeness (QED) is 0.586. The number of nitrogens with one attached hydrogen (secondary N) is 1. The van der Waals surface area contributed by atoms with Crippen molar-refractivity contribution in [3.63, 3.8) is 0 Å². The number of carbonyl (C=O) groups is 1. The predicted molar refractivity (Wildman–Crippen MR) is 130 cm³/mol. The lowest BCUT2D eigenvalue weighted by atomic mass is 9.87. The smallest absolute Gasteiger partial charge is 0.273 e. The van der Waals surface area contributed by atoms with E-state index in [0.717, 1.165) is 45.8 Å². The molecule has 0 aliphatic carbocycles. The second kappa shape index (κ2) is 11.8. The molecule has 7 nitrogen and oxygen atoms in total. The second-order valence-electron chi connectivity index (χ2n) is 9.95. The molecule has 1 aromatic heterocycles. The molecule has 1 aromatic carbocycles. The number of morpholine rings is 1. The molecule has 1 aliphatic heterocycles. The highest BCUT2D eigenvalue weighted by Crippen LogP contribution is 2.23. The summed E-state index contributed by atoms with van der Waals surface area (Å²) in [5.41, 5.74) is 3.08. The first kappa shape index (κ1) is 25.4. The fourth-order valence-corrected chi connectivity index (χ4v) is 3.87. The van der Waals surface area contributed by atoms with Gasteiger partial charge >= 0.3 is 0 Å². The van der Waals surface area contributed by atoms with Gasteiger partial charge in [0.2, 0.25) is 5.89 Å². The summed E-state index contributed by atoms with van der Waals surface area (Å²) in [6, 6.07) is 9.21. The average Bonchev–Trinajstić information content (AvgIpc) is 3.27. The summed E-state index contributed by atoms with van der Waals surface area (Å²) in [4.78, 5) is 21.6. The van der Waals surface area contributed by atoms with E-state index < -0.39 is 0 Å². The molecule has 1 amide bonds. The van der Waals surface area contributed by atoms with Crippen LogP contribution in [0.5, 0.6) is 0 Å². The van der Waals surface area contributed by atoms with Crippen molar-refractivity contribution in [3.05, 3.63) is 53.2 Å². The third-order valence-electron chi connectivity index (χ3n) is 6.36. The van der Waals surface area contributed by atoms with E-state index in [1.165, 1.54) is 17.4 Å². The van der Waals surface area contributed by atoms with E-state index in [-0.39, 0.29) is 11.3 Å². The molecular formula is C26H40N4O3. The van der Waals surface area contributed by atoms with Crippen LogP contribution in [0.4, 0.5) is 0 Å². The van der Waals surface area contributed by atoms with E-state index in [0.29, 0.717) is 30.7 Å². The van der Waals surface area contributed by atoms with Gasteiger partial charge in [0.05, 0.1) is 19.8 Å². The molecule has 1 aliphatic rings. The van der Waals surface area contributed by atoms with Gasteiger partial charge in [-0.15, -0.1) is 0 Å². The van der Waals surface area contributed by atoms with E-state index in [1.54, 1.807) is 0 Å². The van der Waals surface area contributed by atoms with Crippen molar-refractivity contribution in [2.75, 3.05) is 39.4 Å². The molecule has 2 heterocycles. The van der Waals surface area contributed by atoms with Gasteiger partial charge in [0.1, 0.15) is 6.26 Å². The Morgan fingerprint density at radius 1 is 1.18 bits per heavy atom. The van der Waals surface area contributed by atoms with Crippen molar-refractivity contribution in [2.24, 2.45) is 0 Å². The number of hydrogen-bond donors (Lipinski definition) is 1. The number of aromatic nitrogens is 1. The Bertz CT molecular complexity index is 866. The maximum absolute atomic E-state index is 12.5. The van der Waals surface area contributed by atoms with Crippen molar-refractivity contribution < 1.29 is 13.9 Å². The van der Waals surface area contributed by atoms with Gasteiger partial charge in [-0.1, -0.05) is 52.0 Å². The van der Waals surface area contributed by atoms with Crippen LogP contribution in [0, 0.1) is 0 Å². The molecule has 0 bridgehead atoms. The topological polar surface area (TPSA) is 70.8 Å². The summed E-state index contributed by atoms with van der Waals surface area (Å²) < 4.78 is 11.0. The highest BCUT2D eigenvalue weighted by Gasteiger charge is 2.19. The third kappa shape index (κ3) is 7.66. The fraction of sp³-hybridized carbons (Fsp3) is 0.615. The Balaban J connectivity index is 1.55. The maximum atomic E-state index is 12.5. The van der Waals surface area contributed by atoms with E-state index in [4.69, 9.17) is 9.15 Å². The highest BCUT2D eigenvalue weighted by atomic mass is 16.5. The summed E-state index contributed by atoms with van der Waals surface area (Å²) >= 11 is 0. The maximum Gasteiger partial charge on any atom is 0.273 e. The molecule has 7 heteroatoms. The molecule has 2 aromatic rings. The second-order valence-corrected chi connectivity index (χ2v) is 9.95. The summed E-state index contributed by atoms with van der Waals surface area (Å²) in [6.07, 6.45) is 2.49. The lowest BCUT2D eigenvalue weighted by Crippen LogP contribution is -2.41. The van der Waals surface area contributed by atoms with Gasteiger partial charge < -0.3 is 14.5 Å². The van der Waals surface area contributed by atoms with Gasteiger partial charge in [-0.3, -0.25) is 14.6 Å². The van der Waals surface area contributed by atoms with Crippen LogP contribution in [0.25, 0.3) is 0 Å². The van der Waals surface area contributed by atoms with Crippen LogP contribution >= 0.6 is 0 Å². The molecule has 3 rings (SSSR count). The van der Waals surface area contributed by atoms with Gasteiger partial charge in [-0.05, 0) is 29.9 Å². The Kier molecular flexibility index (Phi) is 9.06. The molecule has 33 heavy (non-hydrogen) atoms. The van der Waals surface area contributed by atoms with Crippen LogP contribution in [0.2, 0.25) is 0 Å². The van der Waals surface area contributed by atoms with Crippen molar-refractivity contribution in [1.82, 2.24) is 20.1 Å². The Morgan fingerprint density at radius 2 is 1.88 bits per heavy atom. The number of hydrogen-bond acceptors (Lipinski definition) is 6. The first-order chi connectivity index (χ1) is 15.8. The number of benzene rings is 1. The Hall–Kier alpha value is -2.22. The van der Waals surface area contributed by atoms with Gasteiger partial charge in [0.25, 0.3) is 5.91 Å². The molecule has 0 spiro atoms. The summed E-state index contributed by atoms with van der Waals surface area (Å²) in [7, 11) is 0. The van der Waals surface area contributed by atoms with Crippen molar-refractivity contribution in [1.29, 1.82) is 0 Å². The van der Waals surface area contributed by atoms with E-state index >= 15 is 0 Å². The monoisotopic (exact) mass is 456 g/mol. The van der Waals surface area contributed by atoms with Gasteiger partial charge in [0.15, 0.2) is 5.69 Å². The largest absolute Gasteiger partial charge is 0.447 e. The van der Waals surface area contributed by atoms with E-state index in [9.17, 15) is 4.79 Å². The average molecular weight is 457 g/mol. The number of ether oxygens (including phenoxy) is 1. The SMILES string of the molecule is CCC(C)N(Cc1ccc(C(C)(C)C)cc1)Cc1nc(C(=O)NCCN2CCOCC2)co1. The Labute approximate surface area is 198 Å².